The molecule has 0 aromatic heterocycles. The minimum atomic E-state index is -3.38. The number of rotatable bonds is 5. The fourth-order valence-corrected chi connectivity index (χ4v) is 7.17. The van der Waals surface area contributed by atoms with Crippen molar-refractivity contribution in [2.24, 2.45) is 0 Å². The third kappa shape index (κ3) is 4.02. The van der Waals surface area contributed by atoms with Crippen molar-refractivity contribution in [2.75, 3.05) is 5.75 Å². The minimum Gasteiger partial charge on any atom is -0.294 e. The Morgan fingerprint density at radius 3 is 2.48 bits per heavy atom. The molecule has 0 amide bonds. The molecule has 1 aliphatic carbocycles. The molecule has 31 heavy (non-hydrogen) atoms. The third-order valence-electron chi connectivity index (χ3n) is 5.49. The van der Waals surface area contributed by atoms with Crippen LogP contribution >= 0.6 is 23.4 Å². The molecule has 0 saturated carbocycles. The van der Waals surface area contributed by atoms with Crippen LogP contribution in [0.4, 0.5) is 0 Å². The van der Waals surface area contributed by atoms with E-state index in [0.717, 1.165) is 0 Å². The zero-order chi connectivity index (χ0) is 22.3. The zero-order valence-corrected chi connectivity index (χ0v) is 19.1. The number of hydrogen-bond donors (Lipinski definition) is 0. The predicted octanol–water partition coefficient (Wildman–Crippen LogP) is 4.85. The molecule has 2 aromatic carbocycles. The smallest absolute Gasteiger partial charge is 0.198 e. The normalized spacial score (nSPS) is 17.5. The summed E-state index contributed by atoms with van der Waals surface area (Å²) in [6.45, 7) is 1.48. The molecule has 1 heterocycles. The molecule has 0 fully saturated rings. The van der Waals surface area contributed by atoms with Gasteiger partial charge in [-0.3, -0.25) is 14.4 Å². The Kier molecular flexibility index (Phi) is 5.94. The molecule has 0 spiro atoms. The summed E-state index contributed by atoms with van der Waals surface area (Å²) in [5.74, 6) is -0.890. The maximum atomic E-state index is 13.4. The Labute approximate surface area is 189 Å². The van der Waals surface area contributed by atoms with Crippen LogP contribution < -0.4 is 0 Å². The van der Waals surface area contributed by atoms with E-state index in [1.54, 1.807) is 24.3 Å². The van der Waals surface area contributed by atoms with E-state index in [9.17, 15) is 22.8 Å². The summed E-state index contributed by atoms with van der Waals surface area (Å²) < 4.78 is 24.3. The number of sulfone groups is 1. The van der Waals surface area contributed by atoms with Gasteiger partial charge in [-0.05, 0) is 49.9 Å². The van der Waals surface area contributed by atoms with Gasteiger partial charge in [-0.1, -0.05) is 41.6 Å². The standard InChI is InChI=1S/C23H19ClO5S2/c1-13(25)14-5-2-3-7-18(14)30-19-8-4-6-17(26)21(19)23(27)16-9-10-20-15(22(16)24)11-12-31(20,28)29/h2-3,5,7,9-10H,4,6,8,11-12H2,1H3. The first-order chi connectivity index (χ1) is 14.7. The second-order valence-electron chi connectivity index (χ2n) is 7.53. The lowest BCUT2D eigenvalue weighted by Crippen LogP contribution is -2.19. The average molecular weight is 475 g/mol. The molecule has 2 aromatic rings. The van der Waals surface area contributed by atoms with Gasteiger partial charge in [-0.25, -0.2) is 8.42 Å². The highest BCUT2D eigenvalue weighted by atomic mass is 35.5. The van der Waals surface area contributed by atoms with Crippen molar-refractivity contribution in [1.82, 2.24) is 0 Å². The van der Waals surface area contributed by atoms with Crippen LogP contribution in [0.15, 0.2) is 56.7 Å². The number of fused-ring (bicyclic) bond motifs is 1. The van der Waals surface area contributed by atoms with Crippen molar-refractivity contribution in [3.8, 4) is 0 Å². The first-order valence-electron chi connectivity index (χ1n) is 9.83. The van der Waals surface area contributed by atoms with Crippen LogP contribution in [0.3, 0.4) is 0 Å². The van der Waals surface area contributed by atoms with Crippen LogP contribution in [-0.2, 0) is 21.1 Å². The van der Waals surface area contributed by atoms with Crippen LogP contribution in [0, 0.1) is 0 Å². The summed E-state index contributed by atoms with van der Waals surface area (Å²) in [6.07, 6.45) is 1.67. The fraction of sp³-hybridized carbons (Fsp3) is 0.261. The number of allylic oxidation sites excluding steroid dienone is 2. The molecule has 0 radical (unpaired) electrons. The number of halogens is 1. The van der Waals surface area contributed by atoms with Crippen LogP contribution in [0.25, 0.3) is 0 Å². The van der Waals surface area contributed by atoms with E-state index in [-0.39, 0.29) is 51.2 Å². The quantitative estimate of drug-likeness (QED) is 0.454. The Morgan fingerprint density at radius 2 is 1.74 bits per heavy atom. The molecule has 0 unspecified atom stereocenters. The van der Waals surface area contributed by atoms with E-state index < -0.39 is 15.6 Å². The molecule has 0 N–H and O–H groups in total. The molecular formula is C23H19ClO5S2. The van der Waals surface area contributed by atoms with Crippen LogP contribution in [0.2, 0.25) is 5.02 Å². The van der Waals surface area contributed by atoms with Gasteiger partial charge in [0.2, 0.25) is 0 Å². The molecule has 160 valence electrons. The Bertz CT molecular complexity index is 1270. The number of hydrogen-bond acceptors (Lipinski definition) is 6. The van der Waals surface area contributed by atoms with Gasteiger partial charge in [0.25, 0.3) is 0 Å². The van der Waals surface area contributed by atoms with Crippen LogP contribution in [-0.4, -0.2) is 31.5 Å². The fourth-order valence-electron chi connectivity index (χ4n) is 3.93. The second kappa shape index (κ2) is 8.37. The van der Waals surface area contributed by atoms with Gasteiger partial charge in [-0.2, -0.15) is 0 Å². The largest absolute Gasteiger partial charge is 0.294 e. The third-order valence-corrected chi connectivity index (χ3v) is 8.95. The second-order valence-corrected chi connectivity index (χ2v) is 11.1. The van der Waals surface area contributed by atoms with Crippen LogP contribution in [0.5, 0.6) is 0 Å². The van der Waals surface area contributed by atoms with Gasteiger partial charge in [-0.15, -0.1) is 0 Å². The van der Waals surface area contributed by atoms with E-state index in [2.05, 4.69) is 0 Å². The van der Waals surface area contributed by atoms with Crippen molar-refractivity contribution < 1.29 is 22.8 Å². The van der Waals surface area contributed by atoms with Gasteiger partial charge >= 0.3 is 0 Å². The predicted molar refractivity (Wildman–Crippen MR) is 120 cm³/mol. The zero-order valence-electron chi connectivity index (χ0n) is 16.7. The SMILES string of the molecule is CC(=O)c1ccccc1SC1=C(C(=O)c2ccc3c(c2Cl)CCS3(=O)=O)C(=O)CCC1. The molecule has 4 rings (SSSR count). The highest BCUT2D eigenvalue weighted by Gasteiger charge is 2.33. The molecule has 0 bridgehead atoms. The van der Waals surface area contributed by atoms with E-state index in [4.69, 9.17) is 11.6 Å². The maximum Gasteiger partial charge on any atom is 0.198 e. The summed E-state index contributed by atoms with van der Waals surface area (Å²) in [7, 11) is -3.38. The first kappa shape index (κ1) is 22.0. The van der Waals surface area contributed by atoms with Gasteiger partial charge in [0.05, 0.1) is 21.2 Å². The monoisotopic (exact) mass is 474 g/mol. The van der Waals surface area contributed by atoms with Gasteiger partial charge < -0.3 is 0 Å². The van der Waals surface area contributed by atoms with E-state index in [1.807, 2.05) is 0 Å². The minimum absolute atomic E-state index is 0.0374. The lowest BCUT2D eigenvalue weighted by molar-refractivity contribution is -0.115. The number of carbonyl (C=O) groups excluding carboxylic acids is 3. The van der Waals surface area contributed by atoms with E-state index >= 15 is 0 Å². The van der Waals surface area contributed by atoms with Gasteiger partial charge in [0.15, 0.2) is 27.2 Å². The lowest BCUT2D eigenvalue weighted by Gasteiger charge is -2.20. The summed E-state index contributed by atoms with van der Waals surface area (Å²) in [4.78, 5) is 39.6. The van der Waals surface area contributed by atoms with E-state index in [0.29, 0.717) is 33.8 Å². The highest BCUT2D eigenvalue weighted by molar-refractivity contribution is 8.03. The number of ketones is 3. The number of benzene rings is 2. The maximum absolute atomic E-state index is 13.4. The number of Topliss-reactive ketones (excluding diaryl/α,β-unsaturated/α-hetero) is 3. The average Bonchev–Trinajstić information content (AvgIpc) is 3.04. The molecule has 0 saturated heterocycles. The summed E-state index contributed by atoms with van der Waals surface area (Å²) in [5.41, 5.74) is 1.19. The van der Waals surface area contributed by atoms with Crippen molar-refractivity contribution in [2.45, 2.75) is 42.4 Å². The van der Waals surface area contributed by atoms with E-state index in [1.165, 1.54) is 30.8 Å². The Hall–Kier alpha value is -2.22. The topological polar surface area (TPSA) is 85.3 Å². The van der Waals surface area contributed by atoms with Crippen molar-refractivity contribution in [3.63, 3.8) is 0 Å². The molecule has 1 aliphatic heterocycles. The summed E-state index contributed by atoms with van der Waals surface area (Å²) in [6, 6.07) is 9.89. The molecule has 8 heteroatoms. The van der Waals surface area contributed by atoms with Gasteiger partial charge in [0, 0.05) is 27.3 Å². The Balaban J connectivity index is 1.79. The van der Waals surface area contributed by atoms with Crippen LogP contribution in [0.1, 0.15) is 52.5 Å². The van der Waals surface area contributed by atoms with Gasteiger partial charge in [0.1, 0.15) is 0 Å². The highest BCUT2D eigenvalue weighted by Crippen LogP contribution is 2.41. The molecule has 5 nitrogen and oxygen atoms in total. The van der Waals surface area contributed by atoms with Crippen molar-refractivity contribution >= 4 is 50.5 Å². The van der Waals surface area contributed by atoms with Crippen molar-refractivity contribution in [3.05, 3.63) is 68.6 Å². The summed E-state index contributed by atoms with van der Waals surface area (Å²) >= 11 is 7.71. The lowest BCUT2D eigenvalue weighted by atomic mass is 9.91. The summed E-state index contributed by atoms with van der Waals surface area (Å²) in [5, 5.41) is 0.0999. The molecule has 2 aliphatic rings. The first-order valence-corrected chi connectivity index (χ1v) is 12.7. The molecule has 0 atom stereocenters. The molecular weight excluding hydrogens is 456 g/mol. The van der Waals surface area contributed by atoms with Crippen molar-refractivity contribution in [1.29, 1.82) is 0 Å². The number of thioether (sulfide) groups is 1. The Morgan fingerprint density at radius 1 is 1.00 bits per heavy atom. The number of carbonyl (C=O) groups is 3.